The first-order valence-corrected chi connectivity index (χ1v) is 10.2. The van der Waals surface area contributed by atoms with Gasteiger partial charge in [0.25, 0.3) is 5.95 Å². The van der Waals surface area contributed by atoms with Crippen LogP contribution in [-0.2, 0) is 6.18 Å². The second-order valence-electron chi connectivity index (χ2n) is 6.74. The van der Waals surface area contributed by atoms with E-state index in [1.165, 1.54) is 28.3 Å². The number of carbonyl (C=O) groups is 1. The van der Waals surface area contributed by atoms with Gasteiger partial charge in [-0.1, -0.05) is 0 Å². The number of likely N-dealkylation sites (N-methyl/N-ethyl adjacent to an activating group) is 1. The van der Waals surface area contributed by atoms with Crippen LogP contribution in [0.2, 0.25) is 0 Å². The Kier molecular flexibility index (Phi) is 5.75. The number of Topliss-reactive ketones (excluding diaryl/α,β-unsaturated/α-hetero) is 1. The highest BCUT2D eigenvalue weighted by Gasteiger charge is 2.35. The molecule has 0 N–H and O–H groups in total. The number of hydrogen-bond acceptors (Lipinski definition) is 8. The number of hydrogen-bond donors (Lipinski definition) is 0. The maximum atomic E-state index is 13.5. The molecular weight excluding hydrogens is 540 g/mol. The summed E-state index contributed by atoms with van der Waals surface area (Å²) in [7, 11) is 1.57. The van der Waals surface area contributed by atoms with Crippen LogP contribution >= 0.6 is 22.6 Å². The van der Waals surface area contributed by atoms with Crippen molar-refractivity contribution >= 4 is 45.1 Å². The van der Waals surface area contributed by atoms with Gasteiger partial charge in [-0.05, 0) is 47.7 Å². The Hall–Kier alpha value is -3.23. The summed E-state index contributed by atoms with van der Waals surface area (Å²) < 4.78 is 42.2. The fourth-order valence-corrected chi connectivity index (χ4v) is 3.74. The molecule has 0 radical (unpaired) electrons. The van der Waals surface area contributed by atoms with Crippen LogP contribution in [0.3, 0.4) is 0 Å². The van der Waals surface area contributed by atoms with E-state index < -0.39 is 23.6 Å². The van der Waals surface area contributed by atoms with Crippen LogP contribution in [0.4, 0.5) is 19.0 Å². The average Bonchev–Trinajstić information content (AvgIpc) is 3.26. The number of halogens is 4. The van der Waals surface area contributed by atoms with Gasteiger partial charge in [0.2, 0.25) is 11.6 Å². The predicted octanol–water partition coefficient (Wildman–Crippen LogP) is 3.33. The standard InChI is InChI=1S/C19H14F3IN8O/c1-10(15(32)17-28-9-29-31(17)18-24-4-3-5-25-18)30(2)16-12-6-11(23)7-13(19(20,21)22)14(12)26-8-27-16/h3-10H,1-2H3/t10-/m0/s1. The molecule has 0 aliphatic heterocycles. The van der Waals surface area contributed by atoms with E-state index in [-0.39, 0.29) is 28.5 Å². The third-order valence-corrected chi connectivity index (χ3v) is 5.41. The Balaban J connectivity index is 1.75. The lowest BCUT2D eigenvalue weighted by molar-refractivity contribution is -0.136. The number of ketones is 1. The summed E-state index contributed by atoms with van der Waals surface area (Å²) in [5.74, 6) is -0.104. The fourth-order valence-electron chi connectivity index (χ4n) is 3.12. The molecule has 9 nitrogen and oxygen atoms in total. The summed E-state index contributed by atoms with van der Waals surface area (Å²) in [6.45, 7) is 1.60. The summed E-state index contributed by atoms with van der Waals surface area (Å²) >= 11 is 1.81. The van der Waals surface area contributed by atoms with Crippen molar-refractivity contribution < 1.29 is 18.0 Å². The summed E-state index contributed by atoms with van der Waals surface area (Å²) in [6, 6.07) is 3.35. The molecule has 4 rings (SSSR count). The molecule has 0 unspecified atom stereocenters. The molecule has 3 heterocycles. The number of rotatable bonds is 5. The van der Waals surface area contributed by atoms with E-state index in [4.69, 9.17) is 0 Å². The Labute approximate surface area is 192 Å². The normalized spacial score (nSPS) is 12.7. The SMILES string of the molecule is C[C@@H](C(=O)c1ncnn1-c1ncccn1)N(C)c1ncnc2c(C(F)(F)F)cc(I)cc12. The monoisotopic (exact) mass is 554 g/mol. The van der Waals surface area contributed by atoms with Crippen molar-refractivity contribution in [3.05, 3.63) is 58.2 Å². The molecule has 0 spiro atoms. The molecule has 1 atom stereocenters. The Bertz CT molecular complexity index is 1290. The minimum absolute atomic E-state index is 0.0144. The maximum absolute atomic E-state index is 13.5. The molecule has 4 aromatic rings. The minimum atomic E-state index is -4.59. The smallest absolute Gasteiger partial charge is 0.349 e. The number of alkyl halides is 3. The molecule has 32 heavy (non-hydrogen) atoms. The van der Waals surface area contributed by atoms with Crippen molar-refractivity contribution in [2.75, 3.05) is 11.9 Å². The van der Waals surface area contributed by atoms with Gasteiger partial charge in [-0.25, -0.2) is 24.9 Å². The summed E-state index contributed by atoms with van der Waals surface area (Å²) in [4.78, 5) is 34.8. The first-order chi connectivity index (χ1) is 15.2. The lowest BCUT2D eigenvalue weighted by Gasteiger charge is -2.26. The molecule has 1 aromatic carbocycles. The van der Waals surface area contributed by atoms with Gasteiger partial charge in [-0.15, -0.1) is 0 Å². The van der Waals surface area contributed by atoms with Gasteiger partial charge < -0.3 is 4.90 Å². The Morgan fingerprint density at radius 1 is 1.09 bits per heavy atom. The maximum Gasteiger partial charge on any atom is 0.418 e. The van der Waals surface area contributed by atoms with E-state index in [2.05, 4.69) is 30.0 Å². The largest absolute Gasteiger partial charge is 0.418 e. The lowest BCUT2D eigenvalue weighted by Crippen LogP contribution is -2.38. The van der Waals surface area contributed by atoms with E-state index in [1.807, 2.05) is 22.6 Å². The zero-order valence-electron chi connectivity index (χ0n) is 16.6. The van der Waals surface area contributed by atoms with Crippen molar-refractivity contribution in [3.8, 4) is 5.95 Å². The van der Waals surface area contributed by atoms with E-state index >= 15 is 0 Å². The van der Waals surface area contributed by atoms with Gasteiger partial charge in [0.15, 0.2) is 0 Å². The van der Waals surface area contributed by atoms with Crippen LogP contribution in [0.15, 0.2) is 43.2 Å². The molecule has 0 bridgehead atoms. The van der Waals surface area contributed by atoms with E-state index in [9.17, 15) is 18.0 Å². The van der Waals surface area contributed by atoms with Gasteiger partial charge in [-0.2, -0.15) is 23.0 Å². The second kappa shape index (κ2) is 8.37. The molecule has 0 saturated carbocycles. The van der Waals surface area contributed by atoms with Crippen LogP contribution < -0.4 is 4.90 Å². The first-order valence-electron chi connectivity index (χ1n) is 9.14. The Morgan fingerprint density at radius 2 is 1.81 bits per heavy atom. The number of aromatic nitrogens is 7. The van der Waals surface area contributed by atoms with E-state index in [0.717, 1.165) is 12.4 Å². The zero-order valence-corrected chi connectivity index (χ0v) is 18.8. The number of fused-ring (bicyclic) bond motifs is 1. The van der Waals surface area contributed by atoms with Crippen molar-refractivity contribution in [3.63, 3.8) is 0 Å². The highest BCUT2D eigenvalue weighted by molar-refractivity contribution is 14.1. The van der Waals surface area contributed by atoms with Crippen LogP contribution in [0.25, 0.3) is 16.9 Å². The van der Waals surface area contributed by atoms with Gasteiger partial charge in [0.05, 0.1) is 17.1 Å². The van der Waals surface area contributed by atoms with Crippen molar-refractivity contribution in [1.29, 1.82) is 0 Å². The first kappa shape index (κ1) is 22.0. The van der Waals surface area contributed by atoms with Gasteiger partial charge in [-0.3, -0.25) is 4.79 Å². The highest BCUT2D eigenvalue weighted by Crippen LogP contribution is 2.37. The molecular formula is C19H14F3IN8O. The minimum Gasteiger partial charge on any atom is -0.349 e. The number of anilines is 1. The second-order valence-corrected chi connectivity index (χ2v) is 7.99. The molecule has 13 heteroatoms. The predicted molar refractivity (Wildman–Crippen MR) is 116 cm³/mol. The van der Waals surface area contributed by atoms with E-state index in [1.54, 1.807) is 26.1 Å². The fraction of sp³-hybridized carbons (Fsp3) is 0.211. The summed E-state index contributed by atoms with van der Waals surface area (Å²) in [5.41, 5.74) is -1.10. The molecule has 0 fully saturated rings. The number of carbonyl (C=O) groups excluding carboxylic acids is 1. The number of nitrogens with zero attached hydrogens (tertiary/aromatic N) is 8. The molecule has 0 aliphatic rings. The van der Waals surface area contributed by atoms with Gasteiger partial charge in [0, 0.05) is 28.4 Å². The van der Waals surface area contributed by atoms with Crippen LogP contribution in [0, 0.1) is 3.57 Å². The van der Waals surface area contributed by atoms with Crippen LogP contribution in [-0.4, -0.2) is 53.6 Å². The highest BCUT2D eigenvalue weighted by atomic mass is 127. The Morgan fingerprint density at radius 3 is 2.50 bits per heavy atom. The van der Waals surface area contributed by atoms with Gasteiger partial charge in [0.1, 0.15) is 18.5 Å². The van der Waals surface area contributed by atoms with Crippen molar-refractivity contribution in [1.82, 2.24) is 34.7 Å². The van der Waals surface area contributed by atoms with Gasteiger partial charge >= 0.3 is 6.18 Å². The molecule has 164 valence electrons. The quantitative estimate of drug-likeness (QED) is 0.274. The number of benzene rings is 1. The molecule has 0 aliphatic carbocycles. The topological polar surface area (TPSA) is 103 Å². The van der Waals surface area contributed by atoms with Crippen molar-refractivity contribution in [2.45, 2.75) is 19.1 Å². The summed E-state index contributed by atoms with van der Waals surface area (Å²) in [6.07, 6.45) is 0.667. The zero-order chi connectivity index (χ0) is 23.0. The lowest BCUT2D eigenvalue weighted by atomic mass is 10.1. The van der Waals surface area contributed by atoms with Crippen LogP contribution in [0.5, 0.6) is 0 Å². The molecule has 3 aromatic heterocycles. The van der Waals surface area contributed by atoms with E-state index in [0.29, 0.717) is 3.57 Å². The third kappa shape index (κ3) is 3.99. The van der Waals surface area contributed by atoms with Crippen molar-refractivity contribution in [2.24, 2.45) is 0 Å². The molecule has 0 amide bonds. The molecule has 0 saturated heterocycles. The average molecular weight is 554 g/mol. The van der Waals surface area contributed by atoms with Crippen LogP contribution in [0.1, 0.15) is 23.1 Å². The summed E-state index contributed by atoms with van der Waals surface area (Å²) in [5, 5.41) is 4.19. The third-order valence-electron chi connectivity index (χ3n) is 4.79.